The standard InChI is InChI=1S/C15H24BrNO3S/c1-11(17)10-12-6-5-7-13(16)14(12)20-8-9-21(18,19)15(2,3)4/h5-7,11H,8-10,17H2,1-4H3. The van der Waals surface area contributed by atoms with E-state index in [1.165, 1.54) is 0 Å². The van der Waals surface area contributed by atoms with Crippen LogP contribution in [0.3, 0.4) is 0 Å². The summed E-state index contributed by atoms with van der Waals surface area (Å²) in [5.41, 5.74) is 6.81. The van der Waals surface area contributed by atoms with Crippen molar-refractivity contribution in [2.45, 2.75) is 44.9 Å². The van der Waals surface area contributed by atoms with Crippen LogP contribution in [-0.4, -0.2) is 31.6 Å². The molecule has 0 spiro atoms. The maximum Gasteiger partial charge on any atom is 0.158 e. The number of rotatable bonds is 6. The molecule has 0 saturated carbocycles. The summed E-state index contributed by atoms with van der Waals surface area (Å²) in [6.07, 6.45) is 0.681. The van der Waals surface area contributed by atoms with Crippen LogP contribution in [0, 0.1) is 0 Å². The first kappa shape index (κ1) is 18.5. The second kappa shape index (κ2) is 7.11. The highest BCUT2D eigenvalue weighted by Gasteiger charge is 2.28. The van der Waals surface area contributed by atoms with Gasteiger partial charge in [0.25, 0.3) is 0 Å². The van der Waals surface area contributed by atoms with E-state index in [1.807, 2.05) is 25.1 Å². The Morgan fingerprint density at radius 3 is 2.48 bits per heavy atom. The normalized spacial score (nSPS) is 14.0. The number of para-hydroxylation sites is 1. The first-order chi connectivity index (χ1) is 9.54. The molecule has 0 heterocycles. The molecule has 0 fully saturated rings. The van der Waals surface area contributed by atoms with E-state index in [0.717, 1.165) is 10.0 Å². The summed E-state index contributed by atoms with van der Waals surface area (Å²) in [6.45, 7) is 7.15. The van der Waals surface area contributed by atoms with Gasteiger partial charge in [0, 0.05) is 6.04 Å². The Bertz CT molecular complexity index is 577. The van der Waals surface area contributed by atoms with Gasteiger partial charge in [0.1, 0.15) is 12.4 Å². The van der Waals surface area contributed by atoms with Gasteiger partial charge in [0.15, 0.2) is 9.84 Å². The summed E-state index contributed by atoms with van der Waals surface area (Å²) in [4.78, 5) is 0. The molecule has 0 radical (unpaired) electrons. The van der Waals surface area contributed by atoms with Crippen molar-refractivity contribution in [2.75, 3.05) is 12.4 Å². The van der Waals surface area contributed by atoms with Crippen LogP contribution < -0.4 is 10.5 Å². The number of benzene rings is 1. The van der Waals surface area contributed by atoms with E-state index in [9.17, 15) is 8.42 Å². The molecule has 0 aromatic heterocycles. The molecule has 0 aliphatic rings. The summed E-state index contributed by atoms with van der Waals surface area (Å²) < 4.78 is 29.9. The number of nitrogens with two attached hydrogens (primary N) is 1. The van der Waals surface area contributed by atoms with E-state index in [1.54, 1.807) is 20.8 Å². The van der Waals surface area contributed by atoms with Crippen LogP contribution in [-0.2, 0) is 16.3 Å². The van der Waals surface area contributed by atoms with Crippen molar-refractivity contribution in [3.8, 4) is 5.75 Å². The average Bonchev–Trinajstić information content (AvgIpc) is 2.30. The fourth-order valence-electron chi connectivity index (χ4n) is 1.78. The van der Waals surface area contributed by atoms with Gasteiger partial charge in [-0.2, -0.15) is 0 Å². The van der Waals surface area contributed by atoms with Gasteiger partial charge in [0.2, 0.25) is 0 Å². The zero-order chi connectivity index (χ0) is 16.3. The molecule has 0 bridgehead atoms. The van der Waals surface area contributed by atoms with Crippen LogP contribution in [0.25, 0.3) is 0 Å². The smallest absolute Gasteiger partial charge is 0.158 e. The highest BCUT2D eigenvalue weighted by molar-refractivity contribution is 9.10. The van der Waals surface area contributed by atoms with Crippen molar-refractivity contribution in [1.29, 1.82) is 0 Å². The predicted octanol–water partition coefficient (Wildman–Crippen LogP) is 2.93. The van der Waals surface area contributed by atoms with Crippen LogP contribution in [0.4, 0.5) is 0 Å². The van der Waals surface area contributed by atoms with Gasteiger partial charge in [-0.05, 0) is 61.7 Å². The molecule has 1 aromatic rings. The fourth-order valence-corrected chi connectivity index (χ4v) is 3.22. The molecule has 0 aliphatic heterocycles. The number of ether oxygens (including phenoxy) is 1. The van der Waals surface area contributed by atoms with Gasteiger partial charge in [-0.3, -0.25) is 0 Å². The van der Waals surface area contributed by atoms with Gasteiger partial charge in [-0.25, -0.2) is 8.42 Å². The molecule has 4 nitrogen and oxygen atoms in total. The molecule has 0 amide bonds. The Kier molecular flexibility index (Phi) is 6.25. The predicted molar refractivity (Wildman–Crippen MR) is 90.5 cm³/mol. The lowest BCUT2D eigenvalue weighted by Gasteiger charge is -2.20. The molecular formula is C15H24BrNO3S. The number of sulfone groups is 1. The maximum atomic E-state index is 12.1. The Hall–Kier alpha value is -0.590. The van der Waals surface area contributed by atoms with Crippen molar-refractivity contribution < 1.29 is 13.2 Å². The molecule has 1 rings (SSSR count). The molecular weight excluding hydrogens is 354 g/mol. The summed E-state index contributed by atoms with van der Waals surface area (Å²) in [5.74, 6) is 0.675. The lowest BCUT2D eigenvalue weighted by atomic mass is 10.1. The first-order valence-electron chi connectivity index (χ1n) is 6.92. The minimum Gasteiger partial charge on any atom is -0.491 e. The zero-order valence-electron chi connectivity index (χ0n) is 13.0. The first-order valence-corrected chi connectivity index (χ1v) is 9.37. The summed E-state index contributed by atoms with van der Waals surface area (Å²) in [5, 5.41) is 0. The molecule has 21 heavy (non-hydrogen) atoms. The highest BCUT2D eigenvalue weighted by atomic mass is 79.9. The van der Waals surface area contributed by atoms with E-state index in [-0.39, 0.29) is 18.4 Å². The van der Waals surface area contributed by atoms with Crippen LogP contribution in [0.2, 0.25) is 0 Å². The Balaban J connectivity index is 2.81. The van der Waals surface area contributed by atoms with Crippen molar-refractivity contribution in [1.82, 2.24) is 0 Å². The fraction of sp³-hybridized carbons (Fsp3) is 0.600. The third-order valence-electron chi connectivity index (χ3n) is 3.12. The second-order valence-corrected chi connectivity index (χ2v) is 9.91. The Morgan fingerprint density at radius 1 is 1.33 bits per heavy atom. The number of hydrogen-bond acceptors (Lipinski definition) is 4. The summed E-state index contributed by atoms with van der Waals surface area (Å²) >= 11 is 3.44. The van der Waals surface area contributed by atoms with Crippen LogP contribution in [0.1, 0.15) is 33.3 Å². The largest absolute Gasteiger partial charge is 0.491 e. The van der Waals surface area contributed by atoms with Crippen LogP contribution in [0.15, 0.2) is 22.7 Å². The van der Waals surface area contributed by atoms with Crippen molar-refractivity contribution in [3.63, 3.8) is 0 Å². The van der Waals surface area contributed by atoms with Gasteiger partial charge >= 0.3 is 0 Å². The van der Waals surface area contributed by atoms with Crippen molar-refractivity contribution in [2.24, 2.45) is 5.73 Å². The van der Waals surface area contributed by atoms with Crippen molar-refractivity contribution in [3.05, 3.63) is 28.2 Å². The van der Waals surface area contributed by atoms with Crippen LogP contribution >= 0.6 is 15.9 Å². The zero-order valence-corrected chi connectivity index (χ0v) is 15.4. The minimum absolute atomic E-state index is 0.00451. The van der Waals surface area contributed by atoms with E-state index in [2.05, 4.69) is 15.9 Å². The molecule has 6 heteroatoms. The van der Waals surface area contributed by atoms with Gasteiger partial charge < -0.3 is 10.5 Å². The lowest BCUT2D eigenvalue weighted by molar-refractivity contribution is 0.333. The minimum atomic E-state index is -3.18. The third-order valence-corrected chi connectivity index (χ3v) is 6.32. The van der Waals surface area contributed by atoms with E-state index >= 15 is 0 Å². The van der Waals surface area contributed by atoms with E-state index < -0.39 is 14.6 Å². The second-order valence-electron chi connectivity index (χ2n) is 6.19. The van der Waals surface area contributed by atoms with Crippen molar-refractivity contribution >= 4 is 25.8 Å². The molecule has 1 aromatic carbocycles. The van der Waals surface area contributed by atoms with Crippen LogP contribution in [0.5, 0.6) is 5.75 Å². The molecule has 120 valence electrons. The average molecular weight is 378 g/mol. The Morgan fingerprint density at radius 2 is 1.95 bits per heavy atom. The molecule has 2 N–H and O–H groups in total. The monoisotopic (exact) mass is 377 g/mol. The van der Waals surface area contributed by atoms with Gasteiger partial charge in [0.05, 0.1) is 15.0 Å². The number of halogens is 1. The lowest BCUT2D eigenvalue weighted by Crippen LogP contribution is -2.32. The van der Waals surface area contributed by atoms with E-state index in [0.29, 0.717) is 12.2 Å². The quantitative estimate of drug-likeness (QED) is 0.827. The van der Waals surface area contributed by atoms with E-state index in [4.69, 9.17) is 10.5 Å². The SMILES string of the molecule is CC(N)Cc1cccc(Br)c1OCCS(=O)(=O)C(C)(C)C. The third kappa shape index (κ3) is 5.27. The molecule has 0 aliphatic carbocycles. The van der Waals surface area contributed by atoms with Gasteiger partial charge in [-0.1, -0.05) is 12.1 Å². The highest BCUT2D eigenvalue weighted by Crippen LogP contribution is 2.30. The number of hydrogen-bond donors (Lipinski definition) is 1. The molecule has 0 saturated heterocycles. The maximum absolute atomic E-state index is 12.1. The molecule has 1 atom stereocenters. The summed E-state index contributed by atoms with van der Waals surface area (Å²) in [6, 6.07) is 5.75. The van der Waals surface area contributed by atoms with Gasteiger partial charge in [-0.15, -0.1) is 0 Å². The Labute approximate surface area is 136 Å². The summed E-state index contributed by atoms with van der Waals surface area (Å²) in [7, 11) is -3.18. The molecule has 1 unspecified atom stereocenters. The topological polar surface area (TPSA) is 69.4 Å².